The first-order valence-corrected chi connectivity index (χ1v) is 9.40. The lowest BCUT2D eigenvalue weighted by atomic mass is 10.0. The number of fused-ring (bicyclic) bond motifs is 2. The van der Waals surface area contributed by atoms with Gasteiger partial charge in [0, 0.05) is 10.9 Å². The first-order chi connectivity index (χ1) is 12.3. The Morgan fingerprint density at radius 3 is 2.92 bits per heavy atom. The molecule has 0 spiro atoms. The van der Waals surface area contributed by atoms with Gasteiger partial charge in [0.05, 0.1) is 18.7 Å². The second kappa shape index (κ2) is 7.31. The Morgan fingerprint density at radius 1 is 1.20 bits per heavy atom. The van der Waals surface area contributed by atoms with E-state index in [2.05, 4.69) is 10.3 Å². The number of hydrogen-bond acceptors (Lipinski definition) is 6. The van der Waals surface area contributed by atoms with Crippen molar-refractivity contribution in [3.63, 3.8) is 0 Å². The molecule has 0 radical (unpaired) electrons. The molecule has 1 aliphatic heterocycles. The number of nitrogens with zero attached hydrogens (tertiary/aromatic N) is 1. The van der Waals surface area contributed by atoms with Crippen LogP contribution in [-0.4, -0.2) is 30.7 Å². The van der Waals surface area contributed by atoms with Crippen molar-refractivity contribution in [1.82, 2.24) is 4.98 Å². The smallest absolute Gasteiger partial charge is 0.229 e. The minimum Gasteiger partial charge on any atom is -0.493 e. The summed E-state index contributed by atoms with van der Waals surface area (Å²) in [5.41, 5.74) is 1.15. The van der Waals surface area contributed by atoms with Crippen LogP contribution in [0.15, 0.2) is 18.2 Å². The highest BCUT2D eigenvalue weighted by molar-refractivity contribution is 7.15. The molecule has 1 N–H and O–H groups in total. The van der Waals surface area contributed by atoms with Crippen molar-refractivity contribution in [3.05, 3.63) is 28.8 Å². The van der Waals surface area contributed by atoms with Crippen molar-refractivity contribution in [2.75, 3.05) is 25.1 Å². The van der Waals surface area contributed by atoms with Crippen LogP contribution in [0.4, 0.5) is 5.13 Å². The summed E-state index contributed by atoms with van der Waals surface area (Å²) in [6.07, 6.45) is 4.78. The predicted octanol–water partition coefficient (Wildman–Crippen LogP) is 3.20. The van der Waals surface area contributed by atoms with Crippen LogP contribution < -0.4 is 19.5 Å². The van der Waals surface area contributed by atoms with Gasteiger partial charge in [-0.05, 0) is 37.8 Å². The standard InChI is InChI=1S/C18H20N2O4S/c21-17(20-18-19-13-3-1-2-4-16(13)25-18)7-8-22-12-5-6-14-15(11-12)24-10-9-23-14/h5-6,11H,1-4,7-10H2,(H,19,20,21). The van der Waals surface area contributed by atoms with Gasteiger partial charge < -0.3 is 19.5 Å². The van der Waals surface area contributed by atoms with E-state index in [4.69, 9.17) is 14.2 Å². The summed E-state index contributed by atoms with van der Waals surface area (Å²) in [7, 11) is 0. The zero-order valence-corrected chi connectivity index (χ0v) is 14.7. The van der Waals surface area contributed by atoms with Gasteiger partial charge in [-0.25, -0.2) is 4.98 Å². The van der Waals surface area contributed by atoms with Gasteiger partial charge in [0.2, 0.25) is 5.91 Å². The number of anilines is 1. The highest BCUT2D eigenvalue weighted by Crippen LogP contribution is 2.33. The Labute approximate surface area is 150 Å². The topological polar surface area (TPSA) is 69.7 Å². The zero-order chi connectivity index (χ0) is 17.1. The van der Waals surface area contributed by atoms with Crippen LogP contribution >= 0.6 is 11.3 Å². The highest BCUT2D eigenvalue weighted by Gasteiger charge is 2.16. The molecule has 7 heteroatoms. The van der Waals surface area contributed by atoms with E-state index in [-0.39, 0.29) is 12.3 Å². The quantitative estimate of drug-likeness (QED) is 0.887. The molecule has 0 saturated heterocycles. The molecule has 0 unspecified atom stereocenters. The Bertz CT molecular complexity index is 751. The van der Waals surface area contributed by atoms with Crippen molar-refractivity contribution in [1.29, 1.82) is 0 Å². The summed E-state index contributed by atoms with van der Waals surface area (Å²) < 4.78 is 16.6. The molecule has 2 heterocycles. The van der Waals surface area contributed by atoms with Crippen molar-refractivity contribution in [2.45, 2.75) is 32.1 Å². The van der Waals surface area contributed by atoms with E-state index in [0.29, 0.717) is 36.5 Å². The molecule has 0 saturated carbocycles. The van der Waals surface area contributed by atoms with Gasteiger partial charge >= 0.3 is 0 Å². The van der Waals surface area contributed by atoms with Crippen LogP contribution in [0.3, 0.4) is 0 Å². The summed E-state index contributed by atoms with van der Waals surface area (Å²) in [6.45, 7) is 1.40. The lowest BCUT2D eigenvalue weighted by Gasteiger charge is -2.18. The molecule has 0 fully saturated rings. The first-order valence-electron chi connectivity index (χ1n) is 8.59. The number of carbonyl (C=O) groups excluding carboxylic acids is 1. The largest absolute Gasteiger partial charge is 0.493 e. The minimum absolute atomic E-state index is 0.0800. The fourth-order valence-electron chi connectivity index (χ4n) is 2.96. The molecular weight excluding hydrogens is 340 g/mol. The zero-order valence-electron chi connectivity index (χ0n) is 13.9. The molecule has 4 rings (SSSR count). The maximum atomic E-state index is 12.1. The Morgan fingerprint density at radius 2 is 2.04 bits per heavy atom. The Balaban J connectivity index is 1.27. The normalized spacial score (nSPS) is 15.4. The maximum Gasteiger partial charge on any atom is 0.229 e. The molecule has 1 aromatic heterocycles. The second-order valence-corrected chi connectivity index (χ2v) is 7.13. The summed E-state index contributed by atoms with van der Waals surface area (Å²) in [5.74, 6) is 2.00. The van der Waals surface area contributed by atoms with E-state index in [1.165, 1.54) is 17.7 Å². The summed E-state index contributed by atoms with van der Waals surface area (Å²) in [4.78, 5) is 17.9. The maximum absolute atomic E-state index is 12.1. The number of nitrogens with one attached hydrogen (secondary N) is 1. The van der Waals surface area contributed by atoms with E-state index in [1.807, 2.05) is 12.1 Å². The average molecular weight is 360 g/mol. The van der Waals surface area contributed by atoms with Gasteiger partial charge in [-0.3, -0.25) is 4.79 Å². The fourth-order valence-corrected chi connectivity index (χ4v) is 4.03. The number of carbonyl (C=O) groups is 1. The fraction of sp³-hybridized carbons (Fsp3) is 0.444. The molecule has 0 bridgehead atoms. The monoisotopic (exact) mass is 360 g/mol. The molecule has 6 nitrogen and oxygen atoms in total. The minimum atomic E-state index is -0.0800. The molecule has 2 aromatic rings. The van der Waals surface area contributed by atoms with Crippen molar-refractivity contribution >= 4 is 22.4 Å². The van der Waals surface area contributed by atoms with E-state index in [9.17, 15) is 4.79 Å². The molecule has 0 atom stereocenters. The SMILES string of the molecule is O=C(CCOc1ccc2c(c1)OCCO2)Nc1nc2c(s1)CCCC2. The Kier molecular flexibility index (Phi) is 4.74. The second-order valence-electron chi connectivity index (χ2n) is 6.05. The van der Waals surface area contributed by atoms with Gasteiger partial charge in [-0.1, -0.05) is 0 Å². The lowest BCUT2D eigenvalue weighted by Crippen LogP contribution is -2.16. The molecule has 1 aromatic carbocycles. The van der Waals surface area contributed by atoms with Crippen LogP contribution in [0.25, 0.3) is 0 Å². The number of ether oxygens (including phenoxy) is 3. The highest BCUT2D eigenvalue weighted by atomic mass is 32.1. The van der Waals surface area contributed by atoms with Gasteiger partial charge in [0.1, 0.15) is 19.0 Å². The third-order valence-corrected chi connectivity index (χ3v) is 5.28. The average Bonchev–Trinajstić information content (AvgIpc) is 3.03. The number of thiazole rings is 1. The van der Waals surface area contributed by atoms with E-state index >= 15 is 0 Å². The predicted molar refractivity (Wildman–Crippen MR) is 94.9 cm³/mol. The van der Waals surface area contributed by atoms with Crippen LogP contribution in [0.1, 0.15) is 29.8 Å². The van der Waals surface area contributed by atoms with Gasteiger partial charge in [0.15, 0.2) is 16.6 Å². The van der Waals surface area contributed by atoms with Crippen LogP contribution in [-0.2, 0) is 17.6 Å². The van der Waals surface area contributed by atoms with Gasteiger partial charge in [-0.15, -0.1) is 11.3 Å². The number of hydrogen-bond donors (Lipinski definition) is 1. The number of rotatable bonds is 5. The molecule has 2 aliphatic rings. The number of amides is 1. The molecule has 1 aliphatic carbocycles. The molecule has 132 valence electrons. The summed E-state index contributed by atoms with van der Waals surface area (Å²) in [6, 6.07) is 5.44. The summed E-state index contributed by atoms with van der Waals surface area (Å²) >= 11 is 1.59. The van der Waals surface area contributed by atoms with E-state index in [1.54, 1.807) is 17.4 Å². The van der Waals surface area contributed by atoms with Gasteiger partial charge in [0.25, 0.3) is 0 Å². The Hall–Kier alpha value is -2.28. The van der Waals surface area contributed by atoms with Crippen molar-refractivity contribution in [3.8, 4) is 17.2 Å². The van der Waals surface area contributed by atoms with E-state index in [0.717, 1.165) is 24.3 Å². The van der Waals surface area contributed by atoms with E-state index < -0.39 is 0 Å². The van der Waals surface area contributed by atoms with Crippen LogP contribution in [0, 0.1) is 0 Å². The molecular formula is C18H20N2O4S. The number of aryl methyl sites for hydroxylation is 2. The molecule has 1 amide bonds. The van der Waals surface area contributed by atoms with Crippen LogP contribution in [0.5, 0.6) is 17.2 Å². The summed E-state index contributed by atoms with van der Waals surface area (Å²) in [5, 5.41) is 3.58. The van der Waals surface area contributed by atoms with Gasteiger partial charge in [-0.2, -0.15) is 0 Å². The number of benzene rings is 1. The third kappa shape index (κ3) is 3.87. The first kappa shape index (κ1) is 16.2. The molecule has 25 heavy (non-hydrogen) atoms. The number of aromatic nitrogens is 1. The van der Waals surface area contributed by atoms with Crippen molar-refractivity contribution < 1.29 is 19.0 Å². The van der Waals surface area contributed by atoms with Crippen LogP contribution in [0.2, 0.25) is 0 Å². The lowest BCUT2D eigenvalue weighted by molar-refractivity contribution is -0.116. The van der Waals surface area contributed by atoms with Crippen molar-refractivity contribution in [2.24, 2.45) is 0 Å². The third-order valence-electron chi connectivity index (χ3n) is 4.20.